The second-order valence-electron chi connectivity index (χ2n) is 6.19. The molecule has 128 valence electrons. The molecule has 0 fully saturated rings. The lowest BCUT2D eigenvalue weighted by Crippen LogP contribution is -2.36. The van der Waals surface area contributed by atoms with Gasteiger partial charge in [-0.05, 0) is 50.1 Å². The number of amides is 1. The first-order chi connectivity index (χ1) is 11.6. The summed E-state index contributed by atoms with van der Waals surface area (Å²) in [6.07, 6.45) is 5.09. The van der Waals surface area contributed by atoms with Crippen molar-refractivity contribution in [2.75, 3.05) is 18.5 Å². The lowest BCUT2D eigenvalue weighted by Gasteiger charge is -2.22. The number of carbonyl (C=O) groups is 1. The van der Waals surface area contributed by atoms with Crippen LogP contribution in [0.15, 0.2) is 36.7 Å². The van der Waals surface area contributed by atoms with Crippen molar-refractivity contribution in [1.82, 2.24) is 15.1 Å². The van der Waals surface area contributed by atoms with Gasteiger partial charge in [-0.2, -0.15) is 5.10 Å². The molecule has 2 atom stereocenters. The number of aryl methyl sites for hydroxylation is 1. The normalized spacial score (nSPS) is 16.2. The van der Waals surface area contributed by atoms with Crippen molar-refractivity contribution in [2.24, 2.45) is 0 Å². The van der Waals surface area contributed by atoms with Gasteiger partial charge < -0.3 is 15.4 Å². The predicted octanol–water partition coefficient (Wildman–Crippen LogP) is 2.39. The maximum atomic E-state index is 11.4. The molecule has 0 spiro atoms. The second kappa shape index (κ2) is 7.49. The molecule has 3 rings (SSSR count). The number of fused-ring (bicyclic) bond motifs is 1. The van der Waals surface area contributed by atoms with E-state index in [1.807, 2.05) is 35.1 Å². The zero-order valence-electron chi connectivity index (χ0n) is 14.2. The third kappa shape index (κ3) is 3.94. The lowest BCUT2D eigenvalue weighted by molar-refractivity contribution is -0.116. The summed E-state index contributed by atoms with van der Waals surface area (Å²) in [7, 11) is 0. The summed E-state index contributed by atoms with van der Waals surface area (Å²) >= 11 is 0. The van der Waals surface area contributed by atoms with Crippen molar-refractivity contribution in [1.29, 1.82) is 0 Å². The van der Waals surface area contributed by atoms with E-state index in [1.54, 1.807) is 6.20 Å². The van der Waals surface area contributed by atoms with E-state index in [0.717, 1.165) is 30.0 Å². The standard InChI is InChI=1S/C18H24N4O2/c1-13(14(2)22-10-3-8-20-22)19-9-11-24-16-5-6-17-15(12-16)4-7-18(23)21-17/h3,5-6,8,10,12-14,19H,4,7,9,11H2,1-2H3,(H,21,23)/t13-,14+/m1/s1. The van der Waals surface area contributed by atoms with Gasteiger partial charge >= 0.3 is 0 Å². The number of anilines is 1. The van der Waals surface area contributed by atoms with Gasteiger partial charge in [-0.3, -0.25) is 9.48 Å². The number of ether oxygens (including phenoxy) is 1. The highest BCUT2D eigenvalue weighted by Gasteiger charge is 2.15. The molecule has 1 aliphatic rings. The molecule has 6 heteroatoms. The van der Waals surface area contributed by atoms with E-state index in [4.69, 9.17) is 4.74 Å². The zero-order valence-corrected chi connectivity index (χ0v) is 14.2. The van der Waals surface area contributed by atoms with Crippen LogP contribution in [-0.2, 0) is 11.2 Å². The summed E-state index contributed by atoms with van der Waals surface area (Å²) in [5.41, 5.74) is 2.04. The van der Waals surface area contributed by atoms with Crippen LogP contribution in [-0.4, -0.2) is 34.9 Å². The summed E-state index contributed by atoms with van der Waals surface area (Å²) in [4.78, 5) is 11.4. The predicted molar refractivity (Wildman–Crippen MR) is 93.3 cm³/mol. The number of hydrogen-bond donors (Lipinski definition) is 2. The number of aromatic nitrogens is 2. The van der Waals surface area contributed by atoms with Crippen molar-refractivity contribution >= 4 is 11.6 Å². The Morgan fingerprint density at radius 3 is 3.04 bits per heavy atom. The van der Waals surface area contributed by atoms with Gasteiger partial charge in [0.1, 0.15) is 12.4 Å². The highest BCUT2D eigenvalue weighted by atomic mass is 16.5. The Morgan fingerprint density at radius 1 is 1.38 bits per heavy atom. The van der Waals surface area contributed by atoms with Crippen molar-refractivity contribution in [3.63, 3.8) is 0 Å². The molecule has 2 aromatic rings. The summed E-state index contributed by atoms with van der Waals surface area (Å²) in [5.74, 6) is 0.931. The lowest BCUT2D eigenvalue weighted by atomic mass is 10.0. The molecule has 0 saturated heterocycles. The van der Waals surface area contributed by atoms with Crippen molar-refractivity contribution in [2.45, 2.75) is 38.8 Å². The molecule has 1 aromatic heterocycles. The number of nitrogens with zero attached hydrogens (tertiary/aromatic N) is 2. The quantitative estimate of drug-likeness (QED) is 0.766. The monoisotopic (exact) mass is 328 g/mol. The minimum Gasteiger partial charge on any atom is -0.492 e. The van der Waals surface area contributed by atoms with E-state index < -0.39 is 0 Å². The van der Waals surface area contributed by atoms with E-state index >= 15 is 0 Å². The number of benzene rings is 1. The highest BCUT2D eigenvalue weighted by molar-refractivity contribution is 5.93. The fraction of sp³-hybridized carbons (Fsp3) is 0.444. The van der Waals surface area contributed by atoms with Crippen LogP contribution >= 0.6 is 0 Å². The van der Waals surface area contributed by atoms with Gasteiger partial charge in [0.2, 0.25) is 5.91 Å². The number of rotatable bonds is 7. The van der Waals surface area contributed by atoms with Gasteiger partial charge in [-0.1, -0.05) is 0 Å². The van der Waals surface area contributed by atoms with Gasteiger partial charge in [0.15, 0.2) is 0 Å². The van der Waals surface area contributed by atoms with Crippen LogP contribution in [0.5, 0.6) is 5.75 Å². The molecule has 0 radical (unpaired) electrons. The van der Waals surface area contributed by atoms with Crippen LogP contribution in [0, 0.1) is 0 Å². The molecule has 1 amide bonds. The Morgan fingerprint density at radius 2 is 2.25 bits per heavy atom. The number of nitrogens with one attached hydrogen (secondary N) is 2. The Hall–Kier alpha value is -2.34. The third-order valence-electron chi connectivity index (χ3n) is 4.48. The molecular weight excluding hydrogens is 304 g/mol. The fourth-order valence-corrected chi connectivity index (χ4v) is 2.83. The molecule has 1 aromatic carbocycles. The van der Waals surface area contributed by atoms with Crippen LogP contribution in [0.3, 0.4) is 0 Å². The molecule has 24 heavy (non-hydrogen) atoms. The topological polar surface area (TPSA) is 68.2 Å². The molecular formula is C18H24N4O2. The minimum atomic E-state index is 0.0839. The molecule has 6 nitrogen and oxygen atoms in total. The third-order valence-corrected chi connectivity index (χ3v) is 4.48. The highest BCUT2D eigenvalue weighted by Crippen LogP contribution is 2.26. The second-order valence-corrected chi connectivity index (χ2v) is 6.19. The SMILES string of the molecule is C[C@@H](NCCOc1ccc2c(c1)CCC(=O)N2)[C@H](C)n1cccn1. The molecule has 0 unspecified atom stereocenters. The van der Waals surface area contributed by atoms with E-state index in [-0.39, 0.29) is 11.9 Å². The smallest absolute Gasteiger partial charge is 0.224 e. The van der Waals surface area contributed by atoms with Crippen LogP contribution in [0.1, 0.15) is 31.9 Å². The molecule has 0 saturated carbocycles. The summed E-state index contributed by atoms with van der Waals surface area (Å²) < 4.78 is 7.78. The van der Waals surface area contributed by atoms with Crippen LogP contribution in [0.25, 0.3) is 0 Å². The van der Waals surface area contributed by atoms with Gasteiger partial charge in [0.25, 0.3) is 0 Å². The summed E-state index contributed by atoms with van der Waals surface area (Å²) in [6, 6.07) is 8.35. The maximum Gasteiger partial charge on any atom is 0.224 e. The average Bonchev–Trinajstić information content (AvgIpc) is 3.12. The number of hydrogen-bond acceptors (Lipinski definition) is 4. The van der Waals surface area contributed by atoms with Gasteiger partial charge in [0.05, 0.1) is 6.04 Å². The van der Waals surface area contributed by atoms with Crippen molar-refractivity contribution in [3.8, 4) is 5.75 Å². The Labute approximate surface area is 142 Å². The molecule has 2 N–H and O–H groups in total. The minimum absolute atomic E-state index is 0.0839. The van der Waals surface area contributed by atoms with Crippen molar-refractivity contribution < 1.29 is 9.53 Å². The van der Waals surface area contributed by atoms with E-state index in [0.29, 0.717) is 19.1 Å². The molecule has 0 bridgehead atoms. The van der Waals surface area contributed by atoms with E-state index in [9.17, 15) is 4.79 Å². The first-order valence-corrected chi connectivity index (χ1v) is 8.41. The Bertz CT molecular complexity index is 684. The molecule has 0 aliphatic carbocycles. The average molecular weight is 328 g/mol. The summed E-state index contributed by atoms with van der Waals surface area (Å²) in [6.45, 7) is 5.65. The van der Waals surface area contributed by atoms with Gasteiger partial charge in [0, 0.05) is 37.1 Å². The first-order valence-electron chi connectivity index (χ1n) is 8.41. The van der Waals surface area contributed by atoms with Crippen LogP contribution in [0.2, 0.25) is 0 Å². The Kier molecular flexibility index (Phi) is 5.15. The van der Waals surface area contributed by atoms with E-state index in [1.165, 1.54) is 0 Å². The molecule has 2 heterocycles. The van der Waals surface area contributed by atoms with Crippen LogP contribution in [0.4, 0.5) is 5.69 Å². The van der Waals surface area contributed by atoms with Gasteiger partial charge in [-0.25, -0.2) is 0 Å². The Balaban J connectivity index is 1.44. The van der Waals surface area contributed by atoms with E-state index in [2.05, 4.69) is 29.6 Å². The largest absolute Gasteiger partial charge is 0.492 e. The van der Waals surface area contributed by atoms with Crippen LogP contribution < -0.4 is 15.4 Å². The first kappa shape index (κ1) is 16.5. The zero-order chi connectivity index (χ0) is 16.9. The number of carbonyl (C=O) groups excluding carboxylic acids is 1. The molecule has 1 aliphatic heterocycles. The fourth-order valence-electron chi connectivity index (χ4n) is 2.83. The van der Waals surface area contributed by atoms with Gasteiger partial charge in [-0.15, -0.1) is 0 Å². The van der Waals surface area contributed by atoms with Crippen molar-refractivity contribution in [3.05, 3.63) is 42.2 Å². The summed E-state index contributed by atoms with van der Waals surface area (Å²) in [5, 5.41) is 10.6. The maximum absolute atomic E-state index is 11.4.